The summed E-state index contributed by atoms with van der Waals surface area (Å²) in [6, 6.07) is 13.2. The second kappa shape index (κ2) is 7.33. The summed E-state index contributed by atoms with van der Waals surface area (Å²) in [5.74, 6) is 2.13. The highest BCUT2D eigenvalue weighted by Crippen LogP contribution is 2.53. The van der Waals surface area contributed by atoms with E-state index >= 15 is 0 Å². The first-order valence-electron chi connectivity index (χ1n) is 11.0. The van der Waals surface area contributed by atoms with Crippen molar-refractivity contribution in [3.05, 3.63) is 59.0 Å². The van der Waals surface area contributed by atoms with E-state index in [1.807, 2.05) is 0 Å². The highest BCUT2D eigenvalue weighted by Gasteiger charge is 2.54. The van der Waals surface area contributed by atoms with E-state index < -0.39 is 0 Å². The molecule has 1 N–H and O–H groups in total. The summed E-state index contributed by atoms with van der Waals surface area (Å²) in [5.41, 5.74) is 2.70. The van der Waals surface area contributed by atoms with Crippen molar-refractivity contribution in [3.63, 3.8) is 0 Å². The normalized spacial score (nSPS) is 27.5. The largest absolute Gasteiger partial charge is 0.465 e. The standard InChI is InChI=1S/C24H32N2O2/c1-2-18-9-10-19(28-18)17-25-15-11-24(12-16-25)21-8-4-3-7-20(21)22(23(24)27)26-13-5-6-14-26/h3-4,7-10,22-23,27H,2,5-6,11-17H2,1H3/t22-,23+/m1/s1. The zero-order valence-electron chi connectivity index (χ0n) is 16.9. The Kier molecular flexibility index (Phi) is 4.82. The van der Waals surface area contributed by atoms with Crippen LogP contribution < -0.4 is 0 Å². The quantitative estimate of drug-likeness (QED) is 0.874. The first-order valence-corrected chi connectivity index (χ1v) is 11.0. The van der Waals surface area contributed by atoms with E-state index in [2.05, 4.69) is 53.1 Å². The number of rotatable bonds is 4. The minimum Gasteiger partial charge on any atom is -0.465 e. The number of aryl methyl sites for hydroxylation is 1. The Morgan fingerprint density at radius 2 is 1.71 bits per heavy atom. The second-order valence-electron chi connectivity index (χ2n) is 8.87. The Morgan fingerprint density at radius 3 is 2.43 bits per heavy atom. The van der Waals surface area contributed by atoms with Crippen LogP contribution in [0.4, 0.5) is 0 Å². The molecule has 2 aromatic rings. The molecule has 2 fully saturated rings. The maximum atomic E-state index is 11.6. The summed E-state index contributed by atoms with van der Waals surface area (Å²) in [5, 5.41) is 11.6. The second-order valence-corrected chi connectivity index (χ2v) is 8.87. The summed E-state index contributed by atoms with van der Waals surface area (Å²) in [4.78, 5) is 5.02. The lowest BCUT2D eigenvalue weighted by Gasteiger charge is -2.43. The van der Waals surface area contributed by atoms with Crippen LogP contribution >= 0.6 is 0 Å². The van der Waals surface area contributed by atoms with Gasteiger partial charge in [0.2, 0.25) is 0 Å². The molecule has 4 heteroatoms. The number of hydrogen-bond donors (Lipinski definition) is 1. The van der Waals surface area contributed by atoms with Gasteiger partial charge >= 0.3 is 0 Å². The average molecular weight is 381 g/mol. The highest BCUT2D eigenvalue weighted by molar-refractivity contribution is 5.45. The van der Waals surface area contributed by atoms with Crippen LogP contribution in [-0.2, 0) is 18.4 Å². The van der Waals surface area contributed by atoms with Crippen LogP contribution in [0.5, 0.6) is 0 Å². The van der Waals surface area contributed by atoms with Crippen LogP contribution in [0.1, 0.15) is 61.3 Å². The van der Waals surface area contributed by atoms with Gasteiger partial charge in [0.1, 0.15) is 11.5 Å². The van der Waals surface area contributed by atoms with Crippen molar-refractivity contribution in [3.8, 4) is 0 Å². The van der Waals surface area contributed by atoms with Crippen LogP contribution in [0, 0.1) is 0 Å². The molecular formula is C24H32N2O2. The number of piperidine rings is 1. The third-order valence-electron chi connectivity index (χ3n) is 7.41. The molecule has 0 amide bonds. The van der Waals surface area contributed by atoms with Gasteiger partial charge in [-0.05, 0) is 75.1 Å². The van der Waals surface area contributed by atoms with Crippen molar-refractivity contribution in [1.29, 1.82) is 0 Å². The molecule has 2 atom stereocenters. The number of likely N-dealkylation sites (tertiary alicyclic amines) is 2. The van der Waals surface area contributed by atoms with Crippen molar-refractivity contribution in [2.24, 2.45) is 0 Å². The van der Waals surface area contributed by atoms with Crippen LogP contribution in [0.2, 0.25) is 0 Å². The topological polar surface area (TPSA) is 39.9 Å². The minimum absolute atomic E-state index is 0.0852. The molecule has 0 saturated carbocycles. The van der Waals surface area contributed by atoms with Crippen molar-refractivity contribution >= 4 is 0 Å². The van der Waals surface area contributed by atoms with Crippen LogP contribution in [0.3, 0.4) is 0 Å². The molecule has 3 heterocycles. The molecule has 0 bridgehead atoms. The molecule has 1 aromatic heterocycles. The van der Waals surface area contributed by atoms with Gasteiger partial charge in [-0.15, -0.1) is 0 Å². The maximum Gasteiger partial charge on any atom is 0.118 e. The molecule has 2 saturated heterocycles. The highest BCUT2D eigenvalue weighted by atomic mass is 16.3. The maximum absolute atomic E-state index is 11.6. The van der Waals surface area contributed by atoms with Crippen molar-refractivity contribution in [1.82, 2.24) is 9.80 Å². The molecule has 1 aliphatic carbocycles. The fourth-order valence-corrected chi connectivity index (χ4v) is 5.85. The van der Waals surface area contributed by atoms with E-state index in [0.29, 0.717) is 0 Å². The van der Waals surface area contributed by atoms with E-state index in [-0.39, 0.29) is 17.6 Å². The van der Waals surface area contributed by atoms with Crippen LogP contribution in [0.15, 0.2) is 40.8 Å². The Bertz CT molecular complexity index is 816. The Labute approximate surface area is 168 Å². The number of benzene rings is 1. The van der Waals surface area contributed by atoms with E-state index in [0.717, 1.165) is 63.5 Å². The zero-order chi connectivity index (χ0) is 19.1. The van der Waals surface area contributed by atoms with Gasteiger partial charge in [0, 0.05) is 11.8 Å². The first kappa shape index (κ1) is 18.4. The van der Waals surface area contributed by atoms with Crippen LogP contribution in [0.25, 0.3) is 0 Å². The number of hydrogen-bond acceptors (Lipinski definition) is 4. The summed E-state index contributed by atoms with van der Waals surface area (Å²) >= 11 is 0. The molecule has 5 rings (SSSR count). The molecule has 3 aliphatic rings. The molecule has 1 spiro atoms. The van der Waals surface area contributed by atoms with Crippen molar-refractivity contribution < 1.29 is 9.52 Å². The predicted molar refractivity (Wildman–Crippen MR) is 110 cm³/mol. The van der Waals surface area contributed by atoms with Crippen molar-refractivity contribution in [2.45, 2.75) is 63.1 Å². The lowest BCUT2D eigenvalue weighted by Crippen LogP contribution is -2.49. The summed E-state index contributed by atoms with van der Waals surface area (Å²) in [7, 11) is 0. The Morgan fingerprint density at radius 1 is 1.00 bits per heavy atom. The molecular weight excluding hydrogens is 348 g/mol. The number of aliphatic hydroxyl groups is 1. The lowest BCUT2D eigenvalue weighted by atomic mass is 9.72. The molecule has 150 valence electrons. The average Bonchev–Trinajstić information content (AvgIpc) is 3.45. The van der Waals surface area contributed by atoms with E-state index in [4.69, 9.17) is 4.42 Å². The number of nitrogens with zero attached hydrogens (tertiary/aromatic N) is 2. The predicted octanol–water partition coefficient (Wildman–Crippen LogP) is 3.89. The molecule has 1 aromatic carbocycles. The summed E-state index contributed by atoms with van der Waals surface area (Å²) < 4.78 is 5.92. The third kappa shape index (κ3) is 2.94. The smallest absolute Gasteiger partial charge is 0.118 e. The van der Waals surface area contributed by atoms with Crippen LogP contribution in [-0.4, -0.2) is 47.2 Å². The summed E-state index contributed by atoms with van der Waals surface area (Å²) in [6.45, 7) is 7.28. The molecule has 0 unspecified atom stereocenters. The van der Waals surface area contributed by atoms with Crippen molar-refractivity contribution in [2.75, 3.05) is 26.2 Å². The Hall–Kier alpha value is -1.62. The van der Waals surface area contributed by atoms with Gasteiger partial charge in [-0.2, -0.15) is 0 Å². The molecule has 0 radical (unpaired) electrons. The lowest BCUT2D eigenvalue weighted by molar-refractivity contribution is -0.0111. The summed E-state index contributed by atoms with van der Waals surface area (Å²) in [6.07, 6.45) is 5.22. The zero-order valence-corrected chi connectivity index (χ0v) is 16.9. The van der Waals surface area contributed by atoms with Gasteiger partial charge in [0.25, 0.3) is 0 Å². The number of furan rings is 1. The van der Waals surface area contributed by atoms with E-state index in [1.165, 1.54) is 24.0 Å². The van der Waals surface area contributed by atoms with E-state index in [1.54, 1.807) is 0 Å². The number of aliphatic hydroxyl groups excluding tert-OH is 1. The van der Waals surface area contributed by atoms with Gasteiger partial charge in [-0.3, -0.25) is 9.80 Å². The van der Waals surface area contributed by atoms with E-state index in [9.17, 15) is 5.11 Å². The molecule has 4 nitrogen and oxygen atoms in total. The Balaban J connectivity index is 1.35. The van der Waals surface area contributed by atoms with Gasteiger partial charge in [-0.25, -0.2) is 0 Å². The first-order chi connectivity index (χ1) is 13.7. The molecule has 28 heavy (non-hydrogen) atoms. The van der Waals surface area contributed by atoms with Gasteiger partial charge in [0.15, 0.2) is 0 Å². The van der Waals surface area contributed by atoms with Gasteiger partial charge < -0.3 is 9.52 Å². The molecule has 2 aliphatic heterocycles. The number of fused-ring (bicyclic) bond motifs is 2. The third-order valence-corrected chi connectivity index (χ3v) is 7.41. The van der Waals surface area contributed by atoms with Gasteiger partial charge in [-0.1, -0.05) is 31.2 Å². The SMILES string of the molecule is CCc1ccc(CN2CCC3(CC2)c2ccccc2[C@@H](N2CCCC2)[C@@H]3O)o1. The fraction of sp³-hybridized carbons (Fsp3) is 0.583. The minimum atomic E-state index is -0.291. The fourth-order valence-electron chi connectivity index (χ4n) is 5.85. The monoisotopic (exact) mass is 380 g/mol. The van der Waals surface area contributed by atoms with Gasteiger partial charge in [0.05, 0.1) is 18.7 Å².